The van der Waals surface area contributed by atoms with Crippen molar-refractivity contribution in [2.45, 2.75) is 13.3 Å². The summed E-state index contributed by atoms with van der Waals surface area (Å²) in [4.78, 5) is 2.45. The quantitative estimate of drug-likeness (QED) is 0.829. The van der Waals surface area contributed by atoms with Gasteiger partial charge in [0.15, 0.2) is 0 Å². The molecule has 0 atom stereocenters. The van der Waals surface area contributed by atoms with Crippen molar-refractivity contribution in [1.82, 2.24) is 5.32 Å². The predicted octanol–water partition coefficient (Wildman–Crippen LogP) is 1.46. The molecule has 0 unspecified atom stereocenters. The van der Waals surface area contributed by atoms with Gasteiger partial charge < -0.3 is 20.3 Å². The minimum atomic E-state index is 0.771. The monoisotopic (exact) mass is 247 g/mol. The van der Waals surface area contributed by atoms with E-state index in [1.165, 1.54) is 11.3 Å². The van der Waals surface area contributed by atoms with Gasteiger partial charge in [0.05, 0.1) is 5.69 Å². The number of fused-ring (bicyclic) bond motifs is 1. The number of ether oxygens (including phenoxy) is 1. The summed E-state index contributed by atoms with van der Waals surface area (Å²) in [6, 6.07) is 4.52. The summed E-state index contributed by atoms with van der Waals surface area (Å²) >= 11 is 0. The van der Waals surface area contributed by atoms with Gasteiger partial charge in [-0.3, -0.25) is 0 Å². The Morgan fingerprint density at radius 2 is 2.06 bits per heavy atom. The molecule has 0 aromatic heterocycles. The Morgan fingerprint density at radius 1 is 1.22 bits per heavy atom. The molecule has 1 fully saturated rings. The second-order valence-corrected chi connectivity index (χ2v) is 4.85. The predicted molar refractivity (Wildman–Crippen MR) is 74.9 cm³/mol. The van der Waals surface area contributed by atoms with E-state index < -0.39 is 0 Å². The van der Waals surface area contributed by atoms with Crippen molar-refractivity contribution >= 4 is 11.4 Å². The van der Waals surface area contributed by atoms with Gasteiger partial charge in [0.1, 0.15) is 12.4 Å². The number of piperazine rings is 1. The average molecular weight is 247 g/mol. The van der Waals surface area contributed by atoms with E-state index in [9.17, 15) is 0 Å². The fourth-order valence-corrected chi connectivity index (χ4v) is 2.68. The van der Waals surface area contributed by atoms with E-state index in [1.54, 1.807) is 0 Å². The van der Waals surface area contributed by atoms with Gasteiger partial charge in [0, 0.05) is 38.4 Å². The molecule has 4 heteroatoms. The fourth-order valence-electron chi connectivity index (χ4n) is 2.68. The smallest absolute Gasteiger partial charge is 0.145 e. The number of aryl methyl sites for hydroxylation is 1. The van der Waals surface area contributed by atoms with Gasteiger partial charge in [-0.2, -0.15) is 0 Å². The average Bonchev–Trinajstić information content (AvgIpc) is 2.47. The SMILES string of the molecule is CCc1cc(N2CCNCC2)cc2c1OCCN2. The van der Waals surface area contributed by atoms with Crippen LogP contribution < -0.4 is 20.3 Å². The van der Waals surface area contributed by atoms with Crippen molar-refractivity contribution in [3.05, 3.63) is 17.7 Å². The van der Waals surface area contributed by atoms with Gasteiger partial charge in [0.25, 0.3) is 0 Å². The van der Waals surface area contributed by atoms with Crippen LogP contribution in [0.2, 0.25) is 0 Å². The Labute approximate surface area is 108 Å². The maximum Gasteiger partial charge on any atom is 0.145 e. The van der Waals surface area contributed by atoms with Crippen LogP contribution in [-0.4, -0.2) is 39.3 Å². The molecule has 0 saturated carbocycles. The van der Waals surface area contributed by atoms with Crippen molar-refractivity contribution in [2.75, 3.05) is 49.5 Å². The maximum atomic E-state index is 5.79. The summed E-state index contributed by atoms with van der Waals surface area (Å²) < 4.78 is 5.79. The molecular weight excluding hydrogens is 226 g/mol. The highest BCUT2D eigenvalue weighted by Gasteiger charge is 2.18. The number of rotatable bonds is 2. The lowest BCUT2D eigenvalue weighted by molar-refractivity contribution is 0.320. The summed E-state index contributed by atoms with van der Waals surface area (Å²) in [5, 5.41) is 6.84. The van der Waals surface area contributed by atoms with Crippen LogP contribution in [-0.2, 0) is 6.42 Å². The van der Waals surface area contributed by atoms with Crippen molar-refractivity contribution in [2.24, 2.45) is 0 Å². The van der Waals surface area contributed by atoms with Crippen molar-refractivity contribution in [1.29, 1.82) is 0 Å². The van der Waals surface area contributed by atoms with Crippen LogP contribution in [0.1, 0.15) is 12.5 Å². The van der Waals surface area contributed by atoms with E-state index in [2.05, 4.69) is 34.6 Å². The molecule has 1 aromatic rings. The van der Waals surface area contributed by atoms with Gasteiger partial charge in [-0.1, -0.05) is 6.92 Å². The van der Waals surface area contributed by atoms with Crippen LogP contribution in [0.4, 0.5) is 11.4 Å². The summed E-state index contributed by atoms with van der Waals surface area (Å²) in [5.74, 6) is 1.06. The molecular formula is C14H21N3O. The van der Waals surface area contributed by atoms with Gasteiger partial charge >= 0.3 is 0 Å². The molecule has 2 aliphatic rings. The molecule has 2 N–H and O–H groups in total. The minimum absolute atomic E-state index is 0.771. The van der Waals surface area contributed by atoms with E-state index in [1.807, 2.05) is 0 Å². The third kappa shape index (κ3) is 2.12. The molecule has 2 aliphatic heterocycles. The molecule has 3 rings (SSSR count). The van der Waals surface area contributed by atoms with Crippen LogP contribution in [0.5, 0.6) is 5.75 Å². The summed E-state index contributed by atoms with van der Waals surface area (Å²) in [6.07, 6.45) is 1.02. The molecule has 2 heterocycles. The third-order valence-corrected chi connectivity index (χ3v) is 3.68. The maximum absolute atomic E-state index is 5.79. The van der Waals surface area contributed by atoms with Crippen molar-refractivity contribution in [3.63, 3.8) is 0 Å². The highest BCUT2D eigenvalue weighted by Crippen LogP contribution is 2.36. The van der Waals surface area contributed by atoms with E-state index in [4.69, 9.17) is 4.74 Å². The Bertz CT molecular complexity index is 410. The zero-order valence-electron chi connectivity index (χ0n) is 11.0. The first-order chi connectivity index (χ1) is 8.88. The van der Waals surface area contributed by atoms with E-state index in [-0.39, 0.29) is 0 Å². The highest BCUT2D eigenvalue weighted by atomic mass is 16.5. The number of anilines is 2. The van der Waals surface area contributed by atoms with Gasteiger partial charge in [-0.25, -0.2) is 0 Å². The van der Waals surface area contributed by atoms with Crippen LogP contribution in [0.3, 0.4) is 0 Å². The van der Waals surface area contributed by atoms with Crippen molar-refractivity contribution in [3.8, 4) is 5.75 Å². The summed E-state index contributed by atoms with van der Waals surface area (Å²) in [6.45, 7) is 8.18. The van der Waals surface area contributed by atoms with Crippen LogP contribution >= 0.6 is 0 Å². The molecule has 4 nitrogen and oxygen atoms in total. The van der Waals surface area contributed by atoms with Crippen LogP contribution in [0.25, 0.3) is 0 Å². The first-order valence-electron chi connectivity index (χ1n) is 6.87. The second-order valence-electron chi connectivity index (χ2n) is 4.85. The Morgan fingerprint density at radius 3 is 2.83 bits per heavy atom. The molecule has 0 spiro atoms. The molecule has 98 valence electrons. The lowest BCUT2D eigenvalue weighted by atomic mass is 10.1. The standard InChI is InChI=1S/C14H21N3O/c1-2-11-9-12(17-6-3-15-4-7-17)10-13-14(11)18-8-5-16-13/h9-10,15-16H,2-8H2,1H3. The lowest BCUT2D eigenvalue weighted by Crippen LogP contribution is -2.43. The molecule has 1 saturated heterocycles. The second kappa shape index (κ2) is 5.06. The van der Waals surface area contributed by atoms with Gasteiger partial charge in [-0.15, -0.1) is 0 Å². The number of nitrogens with one attached hydrogen (secondary N) is 2. The first-order valence-corrected chi connectivity index (χ1v) is 6.87. The van der Waals surface area contributed by atoms with E-state index >= 15 is 0 Å². The summed E-state index contributed by atoms with van der Waals surface area (Å²) in [7, 11) is 0. The molecule has 1 aromatic carbocycles. The first kappa shape index (κ1) is 11.7. The zero-order valence-corrected chi connectivity index (χ0v) is 11.0. The highest BCUT2D eigenvalue weighted by molar-refractivity contribution is 5.70. The van der Waals surface area contributed by atoms with Crippen molar-refractivity contribution < 1.29 is 4.74 Å². The topological polar surface area (TPSA) is 36.5 Å². The minimum Gasteiger partial charge on any atom is -0.489 e. The van der Waals surface area contributed by atoms with Crippen LogP contribution in [0, 0.1) is 0 Å². The Kier molecular flexibility index (Phi) is 3.28. The number of nitrogens with zero attached hydrogens (tertiary/aromatic N) is 1. The van der Waals surface area contributed by atoms with E-state index in [0.717, 1.165) is 57.2 Å². The normalized spacial score (nSPS) is 18.8. The zero-order chi connectivity index (χ0) is 12.4. The molecule has 0 amide bonds. The number of hydrogen-bond donors (Lipinski definition) is 2. The van der Waals surface area contributed by atoms with Gasteiger partial charge in [0.2, 0.25) is 0 Å². The van der Waals surface area contributed by atoms with E-state index in [0.29, 0.717) is 0 Å². The number of hydrogen-bond acceptors (Lipinski definition) is 4. The fraction of sp³-hybridized carbons (Fsp3) is 0.571. The molecule has 0 bridgehead atoms. The lowest BCUT2D eigenvalue weighted by Gasteiger charge is -2.31. The largest absolute Gasteiger partial charge is 0.489 e. The Balaban J connectivity index is 1.94. The summed E-state index contributed by atoms with van der Waals surface area (Å²) in [5.41, 5.74) is 3.80. The Hall–Kier alpha value is -1.42. The van der Waals surface area contributed by atoms with Crippen LogP contribution in [0.15, 0.2) is 12.1 Å². The third-order valence-electron chi connectivity index (χ3n) is 3.68. The molecule has 0 radical (unpaired) electrons. The molecule has 0 aliphatic carbocycles. The number of benzene rings is 1. The molecule has 18 heavy (non-hydrogen) atoms. The van der Waals surface area contributed by atoms with Gasteiger partial charge in [-0.05, 0) is 24.1 Å².